The highest BCUT2D eigenvalue weighted by atomic mass is 32.2. The summed E-state index contributed by atoms with van der Waals surface area (Å²) >= 11 is 0.523. The molecule has 0 radical (unpaired) electrons. The lowest BCUT2D eigenvalue weighted by molar-refractivity contribution is -0.130. The Balaban J connectivity index is 2.77. The third-order valence-electron chi connectivity index (χ3n) is 2.17. The molecule has 0 saturated carbocycles. The van der Waals surface area contributed by atoms with Crippen LogP contribution in [0.3, 0.4) is 0 Å². The summed E-state index contributed by atoms with van der Waals surface area (Å²) in [6, 6.07) is 0. The molecule has 0 bridgehead atoms. The Morgan fingerprint density at radius 3 is 2.27 bits per heavy atom. The van der Waals surface area contributed by atoms with Crippen LogP contribution in [0, 0.1) is 0 Å². The van der Waals surface area contributed by atoms with E-state index < -0.39 is 36.5 Å². The van der Waals surface area contributed by atoms with Crippen LogP contribution in [0.2, 0.25) is 0 Å². The van der Waals surface area contributed by atoms with Crippen LogP contribution < -0.4 is 5.73 Å². The molecule has 0 aromatic carbocycles. The Kier molecular flexibility index (Phi) is 3.78. The summed E-state index contributed by atoms with van der Waals surface area (Å²) in [7, 11) is -4.48. The highest BCUT2D eigenvalue weighted by Crippen LogP contribution is 2.52. The smallest absolute Gasteiger partial charge is 0.324 e. The van der Waals surface area contributed by atoms with E-state index in [0.29, 0.717) is 11.8 Å². The van der Waals surface area contributed by atoms with Gasteiger partial charge in [0.2, 0.25) is 0 Å². The molecule has 1 fully saturated rings. The lowest BCUT2D eigenvalue weighted by Crippen LogP contribution is -2.40. The molecule has 90 valence electrons. The molecule has 3 unspecified atom stereocenters. The molecule has 4 nitrogen and oxygen atoms in total. The van der Waals surface area contributed by atoms with Gasteiger partial charge in [-0.25, -0.2) is 0 Å². The largest absolute Gasteiger partial charge is 0.400 e. The Labute approximate surface area is 88.6 Å². The molecule has 0 amide bonds. The van der Waals surface area contributed by atoms with E-state index in [4.69, 9.17) is 15.5 Å². The molecule has 1 heterocycles. The average Bonchev–Trinajstić information content (AvgIpc) is 1.99. The van der Waals surface area contributed by atoms with Gasteiger partial charge in [-0.05, 0) is 12.8 Å². The van der Waals surface area contributed by atoms with Crippen LogP contribution in [-0.2, 0) is 4.57 Å². The molecular formula is C6H11F3NO3PS. The molecule has 1 aliphatic rings. The second kappa shape index (κ2) is 4.25. The van der Waals surface area contributed by atoms with Gasteiger partial charge in [0.15, 0.2) is 0 Å². The van der Waals surface area contributed by atoms with Crippen LogP contribution in [0.1, 0.15) is 12.8 Å². The quantitative estimate of drug-likeness (QED) is 0.622. The predicted molar refractivity (Wildman–Crippen MR) is 50.5 cm³/mol. The number of rotatable bonds is 1. The normalized spacial score (nSPS) is 34.1. The van der Waals surface area contributed by atoms with E-state index in [9.17, 15) is 17.7 Å². The predicted octanol–water partition coefficient (Wildman–Crippen LogP) is 1.28. The Hall–Kier alpha value is 0.250. The van der Waals surface area contributed by atoms with Gasteiger partial charge < -0.3 is 15.5 Å². The van der Waals surface area contributed by atoms with Gasteiger partial charge in [-0.2, -0.15) is 13.2 Å². The lowest BCUT2D eigenvalue weighted by Gasteiger charge is -2.33. The molecule has 15 heavy (non-hydrogen) atoms. The second-order valence-corrected chi connectivity index (χ2v) is 6.77. The van der Waals surface area contributed by atoms with Crippen molar-refractivity contribution in [3.63, 3.8) is 0 Å². The van der Waals surface area contributed by atoms with Crippen molar-refractivity contribution in [3.05, 3.63) is 0 Å². The minimum Gasteiger partial charge on any atom is -0.324 e. The van der Waals surface area contributed by atoms with E-state index in [0.717, 1.165) is 0 Å². The number of thioether (sulfide) groups is 1. The van der Waals surface area contributed by atoms with Crippen molar-refractivity contribution in [2.45, 2.75) is 35.3 Å². The first-order valence-corrected chi connectivity index (χ1v) is 6.76. The molecule has 0 aromatic heterocycles. The molecule has 0 aliphatic carbocycles. The molecule has 0 aromatic rings. The summed E-state index contributed by atoms with van der Waals surface area (Å²) in [6.07, 6.45) is -5.11. The van der Waals surface area contributed by atoms with Gasteiger partial charge in [-0.3, -0.25) is 4.57 Å². The van der Waals surface area contributed by atoms with Crippen molar-refractivity contribution in [2.75, 3.05) is 0 Å². The summed E-state index contributed by atoms with van der Waals surface area (Å²) in [6.45, 7) is 0. The first kappa shape index (κ1) is 13.3. The standard InChI is InChI=1S/C6H11F3NO3PS/c7-6(8,9)4-1-3(14(11,12)13)2-5(10)15-4/h3-5H,1-2,10H2,(H2,11,12,13). The summed E-state index contributed by atoms with van der Waals surface area (Å²) in [5.74, 6) is 0. The highest BCUT2D eigenvalue weighted by molar-refractivity contribution is 8.00. The van der Waals surface area contributed by atoms with Crippen molar-refractivity contribution in [1.29, 1.82) is 0 Å². The molecule has 4 N–H and O–H groups in total. The fourth-order valence-corrected chi connectivity index (χ4v) is 3.95. The summed E-state index contributed by atoms with van der Waals surface area (Å²) in [5.41, 5.74) is 4.05. The zero-order chi connectivity index (χ0) is 11.9. The van der Waals surface area contributed by atoms with E-state index in [1.54, 1.807) is 0 Å². The lowest BCUT2D eigenvalue weighted by atomic mass is 10.1. The molecule has 3 atom stereocenters. The van der Waals surface area contributed by atoms with E-state index in [2.05, 4.69) is 0 Å². The third-order valence-corrected chi connectivity index (χ3v) is 4.87. The zero-order valence-corrected chi connectivity index (χ0v) is 9.23. The van der Waals surface area contributed by atoms with Gasteiger partial charge >= 0.3 is 13.8 Å². The van der Waals surface area contributed by atoms with Gasteiger partial charge in [-0.15, -0.1) is 11.8 Å². The number of halogens is 3. The maximum Gasteiger partial charge on any atom is 0.400 e. The summed E-state index contributed by atoms with van der Waals surface area (Å²) in [5, 5.41) is -2.65. The van der Waals surface area contributed by atoms with Gasteiger partial charge in [0.25, 0.3) is 0 Å². The van der Waals surface area contributed by atoms with E-state index >= 15 is 0 Å². The van der Waals surface area contributed by atoms with Crippen molar-refractivity contribution < 1.29 is 27.5 Å². The van der Waals surface area contributed by atoms with Crippen LogP contribution in [0.4, 0.5) is 13.2 Å². The maximum atomic E-state index is 12.3. The van der Waals surface area contributed by atoms with Gasteiger partial charge in [0, 0.05) is 0 Å². The van der Waals surface area contributed by atoms with Crippen molar-refractivity contribution in [2.24, 2.45) is 5.73 Å². The Morgan fingerprint density at radius 1 is 1.33 bits per heavy atom. The van der Waals surface area contributed by atoms with Crippen LogP contribution in [0.25, 0.3) is 0 Å². The average molecular weight is 265 g/mol. The minimum atomic E-state index is -4.48. The van der Waals surface area contributed by atoms with E-state index in [1.165, 1.54) is 0 Å². The Morgan fingerprint density at radius 2 is 1.87 bits per heavy atom. The molecule has 9 heteroatoms. The molecule has 1 aliphatic heterocycles. The number of nitrogens with two attached hydrogens (primary N) is 1. The van der Waals surface area contributed by atoms with Crippen molar-refractivity contribution >= 4 is 19.4 Å². The van der Waals surface area contributed by atoms with Crippen LogP contribution in [0.15, 0.2) is 0 Å². The third kappa shape index (κ3) is 3.64. The fourth-order valence-electron chi connectivity index (χ4n) is 1.42. The molecule has 0 spiro atoms. The van der Waals surface area contributed by atoms with Gasteiger partial charge in [0.1, 0.15) is 5.25 Å². The SMILES string of the molecule is NC1CC(P(=O)(O)O)CC(C(F)(F)F)S1. The molecule has 1 rings (SSSR count). The number of hydrogen-bond acceptors (Lipinski definition) is 3. The number of hydrogen-bond donors (Lipinski definition) is 3. The second-order valence-electron chi connectivity index (χ2n) is 3.42. The topological polar surface area (TPSA) is 83.6 Å². The fraction of sp³-hybridized carbons (Fsp3) is 1.00. The van der Waals surface area contributed by atoms with Crippen LogP contribution in [-0.4, -0.2) is 32.2 Å². The van der Waals surface area contributed by atoms with Gasteiger partial charge in [0.05, 0.1) is 11.0 Å². The van der Waals surface area contributed by atoms with Crippen molar-refractivity contribution in [1.82, 2.24) is 0 Å². The summed E-state index contributed by atoms with van der Waals surface area (Å²) in [4.78, 5) is 17.6. The zero-order valence-electron chi connectivity index (χ0n) is 7.52. The summed E-state index contributed by atoms with van der Waals surface area (Å²) < 4.78 is 47.9. The maximum absolute atomic E-state index is 12.3. The first-order chi connectivity index (χ1) is 6.60. The van der Waals surface area contributed by atoms with Crippen LogP contribution >= 0.6 is 19.4 Å². The number of alkyl halides is 3. The van der Waals surface area contributed by atoms with Gasteiger partial charge in [-0.1, -0.05) is 0 Å². The van der Waals surface area contributed by atoms with Crippen molar-refractivity contribution in [3.8, 4) is 0 Å². The van der Waals surface area contributed by atoms with Crippen LogP contribution in [0.5, 0.6) is 0 Å². The Bertz CT molecular complexity index is 281. The van der Waals surface area contributed by atoms with E-state index in [-0.39, 0.29) is 6.42 Å². The first-order valence-electron chi connectivity index (χ1n) is 4.13. The minimum absolute atomic E-state index is 0.0818. The monoisotopic (exact) mass is 265 g/mol. The molecule has 1 saturated heterocycles. The van der Waals surface area contributed by atoms with E-state index in [1.807, 2.05) is 0 Å². The molecular weight excluding hydrogens is 254 g/mol. The highest BCUT2D eigenvalue weighted by Gasteiger charge is 2.48.